The summed E-state index contributed by atoms with van der Waals surface area (Å²) in [6.45, 7) is 4.06. The molecule has 3 aromatic carbocycles. The zero-order valence-electron chi connectivity index (χ0n) is 14.7. The Morgan fingerprint density at radius 1 is 0.808 bits per heavy atom. The van der Waals surface area contributed by atoms with Crippen molar-refractivity contribution in [3.63, 3.8) is 0 Å². The number of nitrogens with one attached hydrogen (secondary N) is 2. The summed E-state index contributed by atoms with van der Waals surface area (Å²) in [6, 6.07) is 22.8. The van der Waals surface area contributed by atoms with Gasteiger partial charge in [-0.3, -0.25) is 4.79 Å². The lowest BCUT2D eigenvalue weighted by molar-refractivity contribution is 0.103. The second-order valence-electron chi connectivity index (χ2n) is 6.14. The van der Waals surface area contributed by atoms with Gasteiger partial charge in [-0.05, 0) is 55.4 Å². The molecule has 2 N–H and O–H groups in total. The highest BCUT2D eigenvalue weighted by atomic mass is 32.1. The molecular weight excluding hydrogens is 340 g/mol. The van der Waals surface area contributed by atoms with Gasteiger partial charge in [0.25, 0.3) is 0 Å². The van der Waals surface area contributed by atoms with E-state index in [1.807, 2.05) is 74.5 Å². The Balaban J connectivity index is 1.81. The minimum Gasteiger partial charge on any atom is -0.332 e. The molecule has 3 nitrogen and oxygen atoms in total. The lowest BCUT2D eigenvalue weighted by Gasteiger charge is -2.15. The van der Waals surface area contributed by atoms with Crippen molar-refractivity contribution >= 4 is 34.5 Å². The minimum atomic E-state index is -0.0387. The van der Waals surface area contributed by atoms with E-state index in [2.05, 4.69) is 16.7 Å². The Hall–Kier alpha value is -2.98. The van der Waals surface area contributed by atoms with Crippen LogP contribution in [0, 0.1) is 13.8 Å². The first-order chi connectivity index (χ1) is 12.5. The average Bonchev–Trinajstić information content (AvgIpc) is 2.65. The van der Waals surface area contributed by atoms with Crippen LogP contribution in [-0.2, 0) is 0 Å². The van der Waals surface area contributed by atoms with E-state index in [0.717, 1.165) is 16.8 Å². The number of hydrogen-bond donors (Lipinski definition) is 2. The topological polar surface area (TPSA) is 41.1 Å². The summed E-state index contributed by atoms with van der Waals surface area (Å²) in [7, 11) is 0. The van der Waals surface area contributed by atoms with E-state index in [-0.39, 0.29) is 5.78 Å². The van der Waals surface area contributed by atoms with E-state index in [0.29, 0.717) is 21.9 Å². The van der Waals surface area contributed by atoms with Crippen molar-refractivity contribution in [3.8, 4) is 0 Å². The maximum Gasteiger partial charge on any atom is 0.195 e. The van der Waals surface area contributed by atoms with Gasteiger partial charge in [0.05, 0.1) is 5.69 Å². The fraction of sp³-hybridized carbons (Fsp3) is 0.0909. The van der Waals surface area contributed by atoms with Crippen LogP contribution < -0.4 is 10.6 Å². The molecule has 0 heterocycles. The normalized spacial score (nSPS) is 10.2. The molecule has 0 radical (unpaired) electrons. The first kappa shape index (κ1) is 17.8. The largest absolute Gasteiger partial charge is 0.332 e. The predicted octanol–water partition coefficient (Wildman–Crippen LogP) is 5.34. The van der Waals surface area contributed by atoms with E-state index >= 15 is 0 Å². The first-order valence-electron chi connectivity index (χ1n) is 8.38. The van der Waals surface area contributed by atoms with Crippen molar-refractivity contribution in [3.05, 3.63) is 95.1 Å². The molecule has 0 aliphatic rings. The van der Waals surface area contributed by atoms with Gasteiger partial charge < -0.3 is 10.6 Å². The van der Waals surface area contributed by atoms with Crippen LogP contribution in [0.4, 0.5) is 11.4 Å². The van der Waals surface area contributed by atoms with Gasteiger partial charge in [0, 0.05) is 16.8 Å². The maximum atomic E-state index is 12.8. The SMILES string of the molecule is Cc1ccc(C)c(NC(=S)Nc2ccccc2C(=O)c2ccccc2)c1. The van der Waals surface area contributed by atoms with Crippen LogP contribution in [0.5, 0.6) is 0 Å². The summed E-state index contributed by atoms with van der Waals surface area (Å²) in [5.41, 5.74) is 5.13. The number of ketones is 1. The van der Waals surface area contributed by atoms with E-state index in [1.54, 1.807) is 6.07 Å². The Morgan fingerprint density at radius 3 is 2.23 bits per heavy atom. The molecule has 0 aliphatic carbocycles. The van der Waals surface area contributed by atoms with E-state index in [9.17, 15) is 4.79 Å². The number of anilines is 2. The zero-order valence-corrected chi connectivity index (χ0v) is 15.6. The van der Waals surface area contributed by atoms with Gasteiger partial charge in [0.1, 0.15) is 0 Å². The summed E-state index contributed by atoms with van der Waals surface area (Å²) in [6.07, 6.45) is 0. The molecule has 0 bridgehead atoms. The third-order valence-corrected chi connectivity index (χ3v) is 4.30. The van der Waals surface area contributed by atoms with E-state index in [4.69, 9.17) is 12.2 Å². The van der Waals surface area contributed by atoms with Gasteiger partial charge in [0.2, 0.25) is 0 Å². The number of hydrogen-bond acceptors (Lipinski definition) is 2. The van der Waals surface area contributed by atoms with Crippen LogP contribution in [0.25, 0.3) is 0 Å². The summed E-state index contributed by atoms with van der Waals surface area (Å²) < 4.78 is 0. The Labute approximate surface area is 159 Å². The zero-order chi connectivity index (χ0) is 18.5. The second-order valence-corrected chi connectivity index (χ2v) is 6.55. The van der Waals surface area contributed by atoms with E-state index in [1.165, 1.54) is 0 Å². The number of carbonyl (C=O) groups excluding carboxylic acids is 1. The molecule has 0 atom stereocenters. The number of para-hydroxylation sites is 1. The van der Waals surface area contributed by atoms with Crippen LogP contribution in [0.2, 0.25) is 0 Å². The van der Waals surface area contributed by atoms with Crippen molar-refractivity contribution < 1.29 is 4.79 Å². The summed E-state index contributed by atoms with van der Waals surface area (Å²) >= 11 is 5.45. The van der Waals surface area contributed by atoms with Crippen molar-refractivity contribution in [1.29, 1.82) is 0 Å². The molecule has 0 amide bonds. The Bertz CT molecular complexity index is 951. The molecule has 0 saturated heterocycles. The molecule has 0 saturated carbocycles. The van der Waals surface area contributed by atoms with Crippen LogP contribution in [0.1, 0.15) is 27.0 Å². The molecule has 3 rings (SSSR count). The number of thiocarbonyl (C=S) groups is 1. The number of benzene rings is 3. The smallest absolute Gasteiger partial charge is 0.195 e. The molecule has 0 fully saturated rings. The highest BCUT2D eigenvalue weighted by Gasteiger charge is 2.14. The monoisotopic (exact) mass is 360 g/mol. The standard InChI is InChI=1S/C22H20N2OS/c1-15-12-13-16(2)20(14-15)24-22(26)23-19-11-7-6-10-18(19)21(25)17-8-4-3-5-9-17/h3-14H,1-2H3,(H2,23,24,26). The lowest BCUT2D eigenvalue weighted by atomic mass is 10.0. The maximum absolute atomic E-state index is 12.8. The highest BCUT2D eigenvalue weighted by Crippen LogP contribution is 2.21. The van der Waals surface area contributed by atoms with Gasteiger partial charge >= 0.3 is 0 Å². The predicted molar refractivity (Wildman–Crippen MR) is 112 cm³/mol. The summed E-state index contributed by atoms with van der Waals surface area (Å²) in [5.74, 6) is -0.0387. The molecule has 130 valence electrons. The quantitative estimate of drug-likeness (QED) is 0.486. The Kier molecular flexibility index (Phi) is 5.44. The van der Waals surface area contributed by atoms with Crippen LogP contribution in [-0.4, -0.2) is 10.9 Å². The summed E-state index contributed by atoms with van der Waals surface area (Å²) in [4.78, 5) is 12.8. The Morgan fingerprint density at radius 2 is 1.46 bits per heavy atom. The van der Waals surface area contributed by atoms with Gasteiger partial charge in [-0.1, -0.05) is 54.6 Å². The van der Waals surface area contributed by atoms with Crippen molar-refractivity contribution in [2.75, 3.05) is 10.6 Å². The molecule has 0 aromatic heterocycles. The molecule has 0 unspecified atom stereocenters. The number of carbonyl (C=O) groups is 1. The van der Waals surface area contributed by atoms with Crippen molar-refractivity contribution in [2.45, 2.75) is 13.8 Å². The van der Waals surface area contributed by atoms with Gasteiger partial charge in [-0.15, -0.1) is 0 Å². The molecule has 4 heteroatoms. The van der Waals surface area contributed by atoms with Gasteiger partial charge in [-0.2, -0.15) is 0 Å². The first-order valence-corrected chi connectivity index (χ1v) is 8.79. The third-order valence-electron chi connectivity index (χ3n) is 4.10. The fourth-order valence-corrected chi connectivity index (χ4v) is 2.90. The van der Waals surface area contributed by atoms with Crippen molar-refractivity contribution in [2.24, 2.45) is 0 Å². The number of aryl methyl sites for hydroxylation is 2. The highest BCUT2D eigenvalue weighted by molar-refractivity contribution is 7.80. The van der Waals surface area contributed by atoms with Gasteiger partial charge in [0.15, 0.2) is 10.9 Å². The number of rotatable bonds is 4. The molecule has 0 aliphatic heterocycles. The average molecular weight is 360 g/mol. The summed E-state index contributed by atoms with van der Waals surface area (Å²) in [5, 5.41) is 6.82. The lowest BCUT2D eigenvalue weighted by Crippen LogP contribution is -2.21. The van der Waals surface area contributed by atoms with Crippen LogP contribution >= 0.6 is 12.2 Å². The van der Waals surface area contributed by atoms with Crippen LogP contribution in [0.3, 0.4) is 0 Å². The van der Waals surface area contributed by atoms with Crippen LogP contribution in [0.15, 0.2) is 72.8 Å². The fourth-order valence-electron chi connectivity index (χ4n) is 2.68. The molecular formula is C22H20N2OS. The van der Waals surface area contributed by atoms with E-state index < -0.39 is 0 Å². The van der Waals surface area contributed by atoms with Crippen molar-refractivity contribution in [1.82, 2.24) is 0 Å². The van der Waals surface area contributed by atoms with Gasteiger partial charge in [-0.25, -0.2) is 0 Å². The molecule has 26 heavy (non-hydrogen) atoms. The molecule has 0 spiro atoms. The third kappa shape index (κ3) is 4.16. The second kappa shape index (κ2) is 7.93. The molecule has 3 aromatic rings. The minimum absolute atomic E-state index is 0.0387.